The summed E-state index contributed by atoms with van der Waals surface area (Å²) in [5, 5.41) is 5.64. The molecule has 2 heteroatoms. The summed E-state index contributed by atoms with van der Waals surface area (Å²) < 4.78 is 5.77. The highest BCUT2D eigenvalue weighted by atomic mass is 32.1. The second kappa shape index (κ2) is 4.56. The lowest BCUT2D eigenvalue weighted by Gasteiger charge is -2.00. The Morgan fingerprint density at radius 3 is 1.52 bits per heavy atom. The third-order valence-electron chi connectivity index (χ3n) is 4.87. The van der Waals surface area contributed by atoms with Crippen molar-refractivity contribution in [3.63, 3.8) is 0 Å². The van der Waals surface area contributed by atoms with Gasteiger partial charge in [0.25, 0.3) is 0 Å². The average molecular weight is 332 g/mol. The summed E-state index contributed by atoms with van der Waals surface area (Å²) in [6.07, 6.45) is 0. The van der Waals surface area contributed by atoms with Crippen LogP contribution in [0.25, 0.3) is 40.3 Å². The largest absolute Gasteiger partial charge is 0.135 e. The first kappa shape index (κ1) is 13.5. The fourth-order valence-corrected chi connectivity index (χ4v) is 6.22. The first-order chi connectivity index (χ1) is 11.1. The van der Waals surface area contributed by atoms with E-state index in [1.807, 2.05) is 22.7 Å². The van der Waals surface area contributed by atoms with Crippen LogP contribution in [0.2, 0.25) is 0 Å². The molecule has 0 saturated heterocycles. The van der Waals surface area contributed by atoms with Gasteiger partial charge in [-0.1, -0.05) is 36.4 Å². The first-order valence-electron chi connectivity index (χ1n) is 7.88. The van der Waals surface area contributed by atoms with E-state index in [2.05, 4.69) is 63.2 Å². The van der Waals surface area contributed by atoms with E-state index in [0.717, 1.165) is 0 Å². The Labute approximate surface area is 143 Å². The molecule has 2 heterocycles. The van der Waals surface area contributed by atoms with Gasteiger partial charge in [-0.2, -0.15) is 0 Å². The van der Waals surface area contributed by atoms with Crippen LogP contribution in [0.5, 0.6) is 0 Å². The summed E-state index contributed by atoms with van der Waals surface area (Å²) >= 11 is 3.90. The van der Waals surface area contributed by atoms with Crippen molar-refractivity contribution >= 4 is 63.0 Å². The lowest BCUT2D eigenvalue weighted by Crippen LogP contribution is -1.75. The molecule has 23 heavy (non-hydrogen) atoms. The van der Waals surface area contributed by atoms with Crippen LogP contribution in [0.3, 0.4) is 0 Å². The number of hydrogen-bond donors (Lipinski definition) is 0. The van der Waals surface area contributed by atoms with Gasteiger partial charge >= 0.3 is 0 Å². The molecule has 112 valence electrons. The van der Waals surface area contributed by atoms with Crippen LogP contribution in [-0.2, 0) is 0 Å². The fraction of sp³-hybridized carbons (Fsp3) is 0.143. The van der Waals surface area contributed by atoms with Crippen molar-refractivity contribution in [2.75, 3.05) is 0 Å². The minimum Gasteiger partial charge on any atom is -0.135 e. The van der Waals surface area contributed by atoms with Crippen molar-refractivity contribution in [1.82, 2.24) is 0 Å². The first-order valence-corrected chi connectivity index (χ1v) is 9.51. The number of aryl methyl sites for hydroxylation is 3. The van der Waals surface area contributed by atoms with Crippen LogP contribution >= 0.6 is 22.7 Å². The standard InChI is InChI=1S/C21H16S2/c1-11-6-4-8-14-16-10-17-15-9-5-7-12(2)19(15)23-21(17)13(3)20(16)22-18(11)14/h4-10H,1-3H3. The summed E-state index contributed by atoms with van der Waals surface area (Å²) in [5.41, 5.74) is 4.21. The summed E-state index contributed by atoms with van der Waals surface area (Å²) in [6.45, 7) is 6.72. The number of fused-ring (bicyclic) bond motifs is 6. The molecule has 5 aromatic rings. The van der Waals surface area contributed by atoms with Crippen LogP contribution in [0.4, 0.5) is 0 Å². The quantitative estimate of drug-likeness (QED) is 0.278. The zero-order chi connectivity index (χ0) is 15.7. The SMILES string of the molecule is Cc1cccc2c1sc1c(C)c3sc4c(C)cccc4c3cc12. The van der Waals surface area contributed by atoms with Gasteiger partial charge in [-0.25, -0.2) is 0 Å². The maximum Gasteiger partial charge on any atom is 0.0399 e. The molecule has 0 unspecified atom stereocenters. The zero-order valence-electron chi connectivity index (χ0n) is 13.4. The van der Waals surface area contributed by atoms with Gasteiger partial charge in [0.15, 0.2) is 0 Å². The molecule has 0 fully saturated rings. The molecule has 0 radical (unpaired) electrons. The number of rotatable bonds is 0. The van der Waals surface area contributed by atoms with Crippen LogP contribution in [-0.4, -0.2) is 0 Å². The summed E-state index contributed by atoms with van der Waals surface area (Å²) in [6, 6.07) is 15.8. The molecular formula is C21H16S2. The van der Waals surface area contributed by atoms with Crippen molar-refractivity contribution in [3.8, 4) is 0 Å². The van der Waals surface area contributed by atoms with E-state index >= 15 is 0 Å². The van der Waals surface area contributed by atoms with E-state index in [1.165, 1.54) is 57.0 Å². The van der Waals surface area contributed by atoms with Gasteiger partial charge < -0.3 is 0 Å². The van der Waals surface area contributed by atoms with Crippen LogP contribution < -0.4 is 0 Å². The van der Waals surface area contributed by atoms with Crippen LogP contribution in [0, 0.1) is 20.8 Å². The molecule has 0 aliphatic carbocycles. The van der Waals surface area contributed by atoms with Gasteiger partial charge in [0, 0.05) is 40.3 Å². The minimum atomic E-state index is 1.38. The van der Waals surface area contributed by atoms with Crippen molar-refractivity contribution < 1.29 is 0 Å². The topological polar surface area (TPSA) is 0 Å². The Balaban J connectivity index is 2.08. The molecule has 3 aromatic carbocycles. The van der Waals surface area contributed by atoms with Crippen LogP contribution in [0.1, 0.15) is 16.7 Å². The predicted octanol–water partition coefficient (Wildman–Crippen LogP) is 7.35. The molecule has 0 saturated carbocycles. The Morgan fingerprint density at radius 1 is 0.565 bits per heavy atom. The zero-order valence-corrected chi connectivity index (χ0v) is 15.0. The van der Waals surface area contributed by atoms with Crippen LogP contribution in [0.15, 0.2) is 42.5 Å². The summed E-state index contributed by atoms with van der Waals surface area (Å²) in [5.74, 6) is 0. The smallest absolute Gasteiger partial charge is 0.0399 e. The normalized spacial score (nSPS) is 12.1. The molecule has 0 spiro atoms. The average Bonchev–Trinajstić information content (AvgIpc) is 3.10. The van der Waals surface area contributed by atoms with Gasteiger partial charge in [0.1, 0.15) is 0 Å². The number of hydrogen-bond acceptors (Lipinski definition) is 2. The van der Waals surface area contributed by atoms with Gasteiger partial charge in [-0.15, -0.1) is 22.7 Å². The van der Waals surface area contributed by atoms with Gasteiger partial charge in [-0.05, 0) is 43.5 Å². The van der Waals surface area contributed by atoms with E-state index in [4.69, 9.17) is 0 Å². The Morgan fingerprint density at radius 2 is 1.04 bits per heavy atom. The second-order valence-electron chi connectivity index (χ2n) is 6.36. The van der Waals surface area contributed by atoms with Crippen molar-refractivity contribution in [3.05, 3.63) is 59.2 Å². The third kappa shape index (κ3) is 1.71. The lowest BCUT2D eigenvalue weighted by molar-refractivity contribution is 1.56. The minimum absolute atomic E-state index is 1.38. The number of thiophene rings is 2. The molecule has 5 rings (SSSR count). The van der Waals surface area contributed by atoms with Gasteiger partial charge in [0.2, 0.25) is 0 Å². The lowest BCUT2D eigenvalue weighted by atomic mass is 10.0. The fourth-order valence-electron chi connectivity index (χ4n) is 3.65. The maximum atomic E-state index is 2.42. The molecule has 0 bridgehead atoms. The summed E-state index contributed by atoms with van der Waals surface area (Å²) in [7, 11) is 0. The molecule has 0 N–H and O–H groups in total. The number of benzene rings is 3. The molecule has 0 amide bonds. The van der Waals surface area contributed by atoms with Gasteiger partial charge in [0.05, 0.1) is 0 Å². The van der Waals surface area contributed by atoms with E-state index in [9.17, 15) is 0 Å². The Hall–Kier alpha value is -1.90. The molecule has 0 aliphatic heterocycles. The second-order valence-corrected chi connectivity index (χ2v) is 8.40. The monoisotopic (exact) mass is 332 g/mol. The van der Waals surface area contributed by atoms with Crippen molar-refractivity contribution in [2.45, 2.75) is 20.8 Å². The highest BCUT2D eigenvalue weighted by Crippen LogP contribution is 2.45. The van der Waals surface area contributed by atoms with E-state index in [-0.39, 0.29) is 0 Å². The van der Waals surface area contributed by atoms with E-state index in [0.29, 0.717) is 0 Å². The molecule has 0 nitrogen and oxygen atoms in total. The highest BCUT2D eigenvalue weighted by Gasteiger charge is 2.15. The summed E-state index contributed by atoms with van der Waals surface area (Å²) in [4.78, 5) is 0. The van der Waals surface area contributed by atoms with Gasteiger partial charge in [-0.3, -0.25) is 0 Å². The predicted molar refractivity (Wildman–Crippen MR) is 106 cm³/mol. The van der Waals surface area contributed by atoms with Crippen molar-refractivity contribution in [2.24, 2.45) is 0 Å². The van der Waals surface area contributed by atoms with E-state index < -0.39 is 0 Å². The maximum absolute atomic E-state index is 2.42. The Kier molecular flexibility index (Phi) is 2.68. The highest BCUT2D eigenvalue weighted by molar-refractivity contribution is 7.28. The third-order valence-corrected chi connectivity index (χ3v) is 7.82. The molecular weight excluding hydrogens is 316 g/mol. The van der Waals surface area contributed by atoms with E-state index in [1.54, 1.807) is 0 Å². The Bertz CT molecular complexity index is 1140. The molecule has 0 atom stereocenters. The molecule has 0 aliphatic rings. The van der Waals surface area contributed by atoms with Crippen molar-refractivity contribution in [1.29, 1.82) is 0 Å². The molecule has 2 aromatic heterocycles.